The molecule has 4 heterocycles. The zero-order valence-corrected chi connectivity index (χ0v) is 19.0. The van der Waals surface area contributed by atoms with Crippen LogP contribution in [-0.2, 0) is 0 Å². The summed E-state index contributed by atoms with van der Waals surface area (Å²) in [6, 6.07) is 7.44. The first-order chi connectivity index (χ1) is 15.3. The molecule has 0 amide bonds. The number of phenols is 1. The third kappa shape index (κ3) is 3.67. The maximum atomic E-state index is 10.5. The summed E-state index contributed by atoms with van der Waals surface area (Å²) in [4.78, 5) is 6.65. The van der Waals surface area contributed by atoms with Crippen LogP contribution in [0.25, 0.3) is 22.0 Å². The number of anilines is 1. The number of aromatic hydroxyl groups is 1. The highest BCUT2D eigenvalue weighted by Crippen LogP contribution is 2.43. The monoisotopic (exact) mass is 448 g/mol. The third-order valence-electron chi connectivity index (χ3n) is 6.67. The molecule has 2 bridgehead atoms. The first-order valence-corrected chi connectivity index (χ1v) is 11.4. The Kier molecular flexibility index (Phi) is 4.83. The van der Waals surface area contributed by atoms with Crippen LogP contribution in [0.3, 0.4) is 0 Å². The number of rotatable bonds is 4. The van der Waals surface area contributed by atoms with E-state index in [1.807, 2.05) is 6.07 Å². The molecule has 2 saturated heterocycles. The topological polar surface area (TPSA) is 124 Å². The average Bonchev–Trinajstić information content (AvgIpc) is 3.34. The van der Waals surface area contributed by atoms with Crippen LogP contribution in [0.2, 0.25) is 0 Å². The van der Waals surface area contributed by atoms with E-state index >= 15 is 0 Å². The van der Waals surface area contributed by atoms with Gasteiger partial charge in [-0.3, -0.25) is 0 Å². The summed E-state index contributed by atoms with van der Waals surface area (Å²) in [6.45, 7) is 4.61. The number of nitrogens with one attached hydrogen (secondary N) is 1. The summed E-state index contributed by atoms with van der Waals surface area (Å²) in [7, 11) is 2.05. The zero-order valence-electron chi connectivity index (χ0n) is 18.2. The minimum Gasteiger partial charge on any atom is -0.507 e. The van der Waals surface area contributed by atoms with E-state index in [1.165, 1.54) is 24.2 Å². The van der Waals surface area contributed by atoms with E-state index < -0.39 is 0 Å². The lowest BCUT2D eigenvalue weighted by Crippen LogP contribution is -2.58. The van der Waals surface area contributed by atoms with Crippen LogP contribution >= 0.6 is 11.3 Å². The van der Waals surface area contributed by atoms with Gasteiger partial charge in [-0.05, 0) is 51.7 Å². The normalized spacial score (nSPS) is 26.6. The number of aromatic nitrogens is 5. The molecular formula is C22H24N8OS. The Bertz CT molecular complexity index is 1190. The van der Waals surface area contributed by atoms with Gasteiger partial charge in [0, 0.05) is 29.7 Å². The highest BCUT2D eigenvalue weighted by atomic mass is 32.1. The molecule has 5 rings (SSSR count). The number of benzene rings is 1. The summed E-state index contributed by atoms with van der Waals surface area (Å²) < 4.78 is 0. The zero-order chi connectivity index (χ0) is 22.5. The Morgan fingerprint density at radius 2 is 1.91 bits per heavy atom. The van der Waals surface area contributed by atoms with Gasteiger partial charge in [0.2, 0.25) is 5.01 Å². The molecule has 9 nitrogen and oxygen atoms in total. The fourth-order valence-electron chi connectivity index (χ4n) is 5.08. The highest BCUT2D eigenvalue weighted by molar-refractivity contribution is 7.15. The Hall–Kier alpha value is -3.16. The average molecular weight is 449 g/mol. The molecular weight excluding hydrogens is 424 g/mol. The lowest BCUT2D eigenvalue weighted by atomic mass is 9.84. The van der Waals surface area contributed by atoms with Gasteiger partial charge >= 0.3 is 0 Å². The smallest absolute Gasteiger partial charge is 0.218 e. The van der Waals surface area contributed by atoms with Crippen LogP contribution in [-0.4, -0.2) is 54.7 Å². The second kappa shape index (κ2) is 7.46. The molecule has 3 aromatic rings. The summed E-state index contributed by atoms with van der Waals surface area (Å²) in [6.07, 6.45) is 6.23. The molecule has 1 aromatic carbocycles. The number of hydrogen-bond acceptors (Lipinski definition) is 10. The summed E-state index contributed by atoms with van der Waals surface area (Å²) in [5.41, 5.74) is 1.50. The van der Waals surface area contributed by atoms with Gasteiger partial charge in [-0.15, -0.1) is 20.4 Å². The lowest BCUT2D eigenvalue weighted by Gasteiger charge is -2.45. The molecule has 32 heavy (non-hydrogen) atoms. The third-order valence-corrected chi connectivity index (χ3v) is 7.55. The highest BCUT2D eigenvalue weighted by Gasteiger charge is 2.49. The standard InChI is InChI=1S/C22H24N8OS/c1-21-6-7-22(2,29-21)10-14(9-21)30(3)17-12-24-19(27-25-17)15-5-4-13(8-16(15)31)20-28-26-18(11-23)32-20/h4-5,8,12,14,29,31H,6-7,9-10H2,1-3H3/t14?,21-,22+. The van der Waals surface area contributed by atoms with Crippen molar-refractivity contribution in [3.05, 3.63) is 29.4 Å². The molecule has 0 spiro atoms. The van der Waals surface area contributed by atoms with Crippen molar-refractivity contribution in [2.45, 2.75) is 56.7 Å². The van der Waals surface area contributed by atoms with E-state index in [0.717, 1.165) is 18.7 Å². The molecule has 0 aliphatic carbocycles. The molecule has 2 aliphatic rings. The molecule has 10 heteroatoms. The van der Waals surface area contributed by atoms with Crippen molar-refractivity contribution < 1.29 is 5.11 Å². The van der Waals surface area contributed by atoms with E-state index in [4.69, 9.17) is 5.26 Å². The van der Waals surface area contributed by atoms with Crippen molar-refractivity contribution in [3.8, 4) is 33.8 Å². The van der Waals surface area contributed by atoms with Gasteiger partial charge in [0.25, 0.3) is 0 Å². The van der Waals surface area contributed by atoms with E-state index in [-0.39, 0.29) is 21.8 Å². The first-order valence-electron chi connectivity index (χ1n) is 10.6. The van der Waals surface area contributed by atoms with Crippen LogP contribution in [0, 0.1) is 11.3 Å². The summed E-state index contributed by atoms with van der Waals surface area (Å²) in [5, 5.41) is 40.6. The SMILES string of the molecule is CN(c1cnc(-c2ccc(-c3nnc(C#N)s3)cc2O)nn1)C1C[C@]2(C)CC[C@](C)(C1)N2. The molecule has 164 valence electrons. The second-order valence-electron chi connectivity index (χ2n) is 9.32. The number of piperidine rings is 1. The van der Waals surface area contributed by atoms with Gasteiger partial charge in [0.15, 0.2) is 11.6 Å². The van der Waals surface area contributed by atoms with Gasteiger partial charge in [0.1, 0.15) is 16.8 Å². The van der Waals surface area contributed by atoms with E-state index in [9.17, 15) is 5.11 Å². The number of hydrogen-bond donors (Lipinski definition) is 2. The quantitative estimate of drug-likeness (QED) is 0.619. The summed E-state index contributed by atoms with van der Waals surface area (Å²) in [5.74, 6) is 1.10. The van der Waals surface area contributed by atoms with E-state index in [0.29, 0.717) is 28.0 Å². The fourth-order valence-corrected chi connectivity index (χ4v) is 5.71. The van der Waals surface area contributed by atoms with E-state index in [1.54, 1.807) is 24.4 Å². The van der Waals surface area contributed by atoms with Crippen molar-refractivity contribution in [2.24, 2.45) is 0 Å². The van der Waals surface area contributed by atoms with Gasteiger partial charge in [-0.25, -0.2) is 4.98 Å². The number of nitrogens with zero attached hydrogens (tertiary/aromatic N) is 7. The van der Waals surface area contributed by atoms with Crippen LogP contribution in [0.5, 0.6) is 5.75 Å². The van der Waals surface area contributed by atoms with Gasteiger partial charge in [-0.1, -0.05) is 17.4 Å². The van der Waals surface area contributed by atoms with Crippen molar-refractivity contribution in [2.75, 3.05) is 11.9 Å². The predicted octanol–water partition coefficient (Wildman–Crippen LogP) is 3.13. The van der Waals surface area contributed by atoms with Crippen LogP contribution in [0.4, 0.5) is 5.82 Å². The molecule has 3 atom stereocenters. The predicted molar refractivity (Wildman–Crippen MR) is 121 cm³/mol. The molecule has 0 saturated carbocycles. The Morgan fingerprint density at radius 1 is 1.16 bits per heavy atom. The maximum absolute atomic E-state index is 10.5. The second-order valence-corrected chi connectivity index (χ2v) is 10.3. The Morgan fingerprint density at radius 3 is 2.50 bits per heavy atom. The molecule has 2 aliphatic heterocycles. The molecule has 2 fully saturated rings. The number of nitriles is 1. The largest absolute Gasteiger partial charge is 0.507 e. The van der Waals surface area contributed by atoms with Crippen LogP contribution in [0.15, 0.2) is 24.4 Å². The van der Waals surface area contributed by atoms with Crippen LogP contribution < -0.4 is 10.2 Å². The number of phenolic OH excluding ortho intramolecular Hbond substituents is 1. The van der Waals surface area contributed by atoms with Gasteiger partial charge in [-0.2, -0.15) is 5.26 Å². The van der Waals surface area contributed by atoms with Crippen molar-refractivity contribution in [1.29, 1.82) is 5.26 Å². The minimum atomic E-state index is 0.0230. The van der Waals surface area contributed by atoms with Crippen LogP contribution in [0.1, 0.15) is 44.5 Å². The first kappa shape index (κ1) is 20.7. The molecule has 2 aromatic heterocycles. The lowest BCUT2D eigenvalue weighted by molar-refractivity contribution is 0.207. The molecule has 1 unspecified atom stereocenters. The van der Waals surface area contributed by atoms with Gasteiger partial charge in [0.05, 0.1) is 11.8 Å². The Balaban J connectivity index is 1.35. The number of fused-ring (bicyclic) bond motifs is 2. The Labute approximate surface area is 190 Å². The van der Waals surface area contributed by atoms with Crippen molar-refractivity contribution in [3.63, 3.8) is 0 Å². The van der Waals surface area contributed by atoms with Crippen molar-refractivity contribution >= 4 is 17.2 Å². The van der Waals surface area contributed by atoms with Gasteiger partial charge < -0.3 is 15.3 Å². The summed E-state index contributed by atoms with van der Waals surface area (Å²) >= 11 is 1.17. The van der Waals surface area contributed by atoms with Crippen molar-refractivity contribution in [1.82, 2.24) is 30.7 Å². The van der Waals surface area contributed by atoms with E-state index in [2.05, 4.69) is 56.5 Å². The minimum absolute atomic E-state index is 0.0230. The molecule has 2 N–H and O–H groups in total. The molecule has 0 radical (unpaired) electrons. The maximum Gasteiger partial charge on any atom is 0.218 e. The fraction of sp³-hybridized carbons (Fsp3) is 0.455.